The van der Waals surface area contributed by atoms with Gasteiger partial charge in [-0.1, -0.05) is 109 Å². The van der Waals surface area contributed by atoms with Gasteiger partial charge in [0.05, 0.1) is 0 Å². The predicted octanol–water partition coefficient (Wildman–Crippen LogP) is 7.52. The van der Waals surface area contributed by atoms with Crippen LogP contribution in [0.5, 0.6) is 0 Å². The average molecular weight is 371 g/mol. The third-order valence-corrected chi connectivity index (χ3v) is 5.44. The lowest BCUT2D eigenvalue weighted by Crippen LogP contribution is -1.89. The molecule has 0 heterocycles. The van der Waals surface area contributed by atoms with Crippen LogP contribution in [0, 0.1) is 0 Å². The van der Waals surface area contributed by atoms with E-state index in [0.29, 0.717) is 0 Å². The lowest BCUT2D eigenvalue weighted by Gasteiger charge is -2.11. The SMILES string of the molecule is Nc1ccc2ccc3cccc4ccc1c2c34.c1ccc(-c2ccccc2)cc1. The summed E-state index contributed by atoms with van der Waals surface area (Å²) in [6.45, 7) is 0. The van der Waals surface area contributed by atoms with Crippen LogP contribution in [0.1, 0.15) is 0 Å². The summed E-state index contributed by atoms with van der Waals surface area (Å²) in [5, 5.41) is 7.61. The number of rotatable bonds is 1. The first-order valence-corrected chi connectivity index (χ1v) is 9.84. The molecule has 0 fully saturated rings. The predicted molar refractivity (Wildman–Crippen MR) is 126 cm³/mol. The first-order valence-electron chi connectivity index (χ1n) is 9.84. The van der Waals surface area contributed by atoms with E-state index < -0.39 is 0 Å². The first-order chi connectivity index (χ1) is 14.3. The van der Waals surface area contributed by atoms with Crippen molar-refractivity contribution in [2.75, 3.05) is 5.73 Å². The topological polar surface area (TPSA) is 26.0 Å². The van der Waals surface area contributed by atoms with E-state index in [1.807, 2.05) is 18.2 Å². The van der Waals surface area contributed by atoms with Crippen LogP contribution in [0.25, 0.3) is 43.4 Å². The zero-order valence-corrected chi connectivity index (χ0v) is 16.0. The van der Waals surface area contributed by atoms with Crippen molar-refractivity contribution in [1.29, 1.82) is 0 Å². The molecule has 0 saturated carbocycles. The molecule has 0 spiro atoms. The maximum atomic E-state index is 6.07. The van der Waals surface area contributed by atoms with Crippen LogP contribution in [-0.4, -0.2) is 0 Å². The van der Waals surface area contributed by atoms with Gasteiger partial charge in [0.2, 0.25) is 0 Å². The Balaban J connectivity index is 0.000000134. The largest absolute Gasteiger partial charge is 0.398 e. The van der Waals surface area contributed by atoms with Crippen molar-refractivity contribution in [3.63, 3.8) is 0 Å². The van der Waals surface area contributed by atoms with Crippen molar-refractivity contribution in [2.24, 2.45) is 0 Å². The summed E-state index contributed by atoms with van der Waals surface area (Å²) in [7, 11) is 0. The van der Waals surface area contributed by atoms with Crippen molar-refractivity contribution in [3.8, 4) is 11.1 Å². The highest BCUT2D eigenvalue weighted by Crippen LogP contribution is 2.36. The van der Waals surface area contributed by atoms with Crippen molar-refractivity contribution < 1.29 is 0 Å². The van der Waals surface area contributed by atoms with E-state index in [9.17, 15) is 0 Å². The maximum absolute atomic E-state index is 6.07. The smallest absolute Gasteiger partial charge is 0.0394 e. The monoisotopic (exact) mass is 371 g/mol. The Bertz CT molecular complexity index is 1330. The molecule has 6 aromatic rings. The summed E-state index contributed by atoms with van der Waals surface area (Å²) < 4.78 is 0. The average Bonchev–Trinajstić information content (AvgIpc) is 2.80. The minimum Gasteiger partial charge on any atom is -0.398 e. The van der Waals surface area contributed by atoms with Crippen LogP contribution in [0.2, 0.25) is 0 Å². The van der Waals surface area contributed by atoms with Crippen LogP contribution < -0.4 is 5.73 Å². The zero-order chi connectivity index (χ0) is 19.6. The number of benzene rings is 6. The highest BCUT2D eigenvalue weighted by atomic mass is 14.5. The zero-order valence-electron chi connectivity index (χ0n) is 16.0. The molecule has 6 rings (SSSR count). The molecule has 29 heavy (non-hydrogen) atoms. The number of hydrogen-bond donors (Lipinski definition) is 1. The fourth-order valence-electron chi connectivity index (χ4n) is 4.02. The molecule has 0 radical (unpaired) electrons. The van der Waals surface area contributed by atoms with Gasteiger partial charge >= 0.3 is 0 Å². The molecule has 0 saturated heterocycles. The molecule has 0 aliphatic heterocycles. The fourth-order valence-corrected chi connectivity index (χ4v) is 4.02. The summed E-state index contributed by atoms with van der Waals surface area (Å²) in [6, 6.07) is 39.9. The quantitative estimate of drug-likeness (QED) is 0.235. The third kappa shape index (κ3) is 3.17. The summed E-state index contributed by atoms with van der Waals surface area (Å²) in [6.07, 6.45) is 0. The molecular weight excluding hydrogens is 350 g/mol. The lowest BCUT2D eigenvalue weighted by molar-refractivity contribution is 1.62. The highest BCUT2D eigenvalue weighted by molar-refractivity contribution is 6.24. The van der Waals surface area contributed by atoms with E-state index in [1.165, 1.54) is 38.1 Å². The van der Waals surface area contributed by atoms with Crippen LogP contribution in [-0.2, 0) is 0 Å². The van der Waals surface area contributed by atoms with Gasteiger partial charge in [0.15, 0.2) is 0 Å². The Morgan fingerprint density at radius 3 is 1.45 bits per heavy atom. The highest BCUT2D eigenvalue weighted by Gasteiger charge is 2.08. The molecule has 0 aromatic heterocycles. The van der Waals surface area contributed by atoms with E-state index >= 15 is 0 Å². The summed E-state index contributed by atoms with van der Waals surface area (Å²) in [5.74, 6) is 0. The second kappa shape index (κ2) is 7.29. The van der Waals surface area contributed by atoms with Gasteiger partial charge in [0, 0.05) is 11.1 Å². The van der Waals surface area contributed by atoms with Crippen LogP contribution in [0.15, 0.2) is 115 Å². The van der Waals surface area contributed by atoms with E-state index in [4.69, 9.17) is 5.73 Å². The Labute approximate surface area is 170 Å². The molecule has 1 nitrogen and oxygen atoms in total. The molecule has 0 bridgehead atoms. The number of hydrogen-bond acceptors (Lipinski definition) is 1. The van der Waals surface area contributed by atoms with Gasteiger partial charge in [-0.3, -0.25) is 0 Å². The summed E-state index contributed by atoms with van der Waals surface area (Å²) in [5.41, 5.74) is 9.48. The van der Waals surface area contributed by atoms with Gasteiger partial charge in [-0.2, -0.15) is 0 Å². The molecule has 0 atom stereocenters. The Morgan fingerprint density at radius 1 is 0.379 bits per heavy atom. The second-order valence-electron chi connectivity index (χ2n) is 7.24. The molecule has 138 valence electrons. The molecule has 6 aromatic carbocycles. The molecule has 0 amide bonds. The molecule has 0 unspecified atom stereocenters. The van der Waals surface area contributed by atoms with Crippen LogP contribution >= 0.6 is 0 Å². The molecular formula is C28H21N. The number of nitrogens with two attached hydrogens (primary N) is 1. The lowest BCUT2D eigenvalue weighted by atomic mass is 9.94. The standard InChI is InChI=1S/C16H11N.C12H10/c17-14-9-7-12-5-4-10-2-1-3-11-6-8-13(14)16(12)15(10)11;1-3-7-11(8-4-1)12-9-5-2-6-10-12/h1-9H,17H2;1-10H. The van der Waals surface area contributed by atoms with Gasteiger partial charge in [-0.15, -0.1) is 0 Å². The second-order valence-corrected chi connectivity index (χ2v) is 7.24. The van der Waals surface area contributed by atoms with Gasteiger partial charge in [-0.25, -0.2) is 0 Å². The van der Waals surface area contributed by atoms with E-state index in [2.05, 4.69) is 97.1 Å². The first kappa shape index (κ1) is 17.3. The van der Waals surface area contributed by atoms with Gasteiger partial charge in [-0.05, 0) is 44.1 Å². The molecule has 2 N–H and O–H groups in total. The van der Waals surface area contributed by atoms with Crippen molar-refractivity contribution in [2.45, 2.75) is 0 Å². The van der Waals surface area contributed by atoms with Crippen molar-refractivity contribution in [3.05, 3.63) is 115 Å². The van der Waals surface area contributed by atoms with Crippen LogP contribution in [0.3, 0.4) is 0 Å². The van der Waals surface area contributed by atoms with E-state index in [-0.39, 0.29) is 0 Å². The van der Waals surface area contributed by atoms with E-state index in [0.717, 1.165) is 11.1 Å². The number of nitrogen functional groups attached to an aromatic ring is 1. The third-order valence-electron chi connectivity index (χ3n) is 5.44. The minimum atomic E-state index is 0.857. The Hall–Kier alpha value is -3.84. The van der Waals surface area contributed by atoms with Crippen molar-refractivity contribution in [1.82, 2.24) is 0 Å². The number of anilines is 1. The normalized spacial score (nSPS) is 10.9. The fraction of sp³-hybridized carbons (Fsp3) is 0. The van der Waals surface area contributed by atoms with Gasteiger partial charge in [0.25, 0.3) is 0 Å². The van der Waals surface area contributed by atoms with Crippen LogP contribution in [0.4, 0.5) is 5.69 Å². The molecule has 1 heteroatoms. The molecule has 0 aliphatic carbocycles. The summed E-state index contributed by atoms with van der Waals surface area (Å²) in [4.78, 5) is 0. The van der Waals surface area contributed by atoms with Gasteiger partial charge in [0.1, 0.15) is 0 Å². The molecule has 0 aliphatic rings. The Kier molecular flexibility index (Phi) is 4.34. The maximum Gasteiger partial charge on any atom is 0.0394 e. The Morgan fingerprint density at radius 2 is 0.862 bits per heavy atom. The van der Waals surface area contributed by atoms with Gasteiger partial charge < -0.3 is 5.73 Å². The minimum absolute atomic E-state index is 0.857. The van der Waals surface area contributed by atoms with E-state index in [1.54, 1.807) is 0 Å². The summed E-state index contributed by atoms with van der Waals surface area (Å²) >= 11 is 0. The van der Waals surface area contributed by atoms with Crippen molar-refractivity contribution >= 4 is 38.0 Å².